The molecule has 8 N–H and O–H groups in total. The molecule has 3 aliphatic rings. The normalized spacial score (nSPS) is 18.6. The van der Waals surface area contributed by atoms with E-state index in [1.54, 1.807) is 48.9 Å². The second kappa shape index (κ2) is 21.3. The third-order valence-corrected chi connectivity index (χ3v) is 14.1. The van der Waals surface area contributed by atoms with Gasteiger partial charge in [0, 0.05) is 34.2 Å². The summed E-state index contributed by atoms with van der Waals surface area (Å²) < 4.78 is 37.5. The van der Waals surface area contributed by atoms with Gasteiger partial charge in [0.1, 0.15) is 17.5 Å². The average molecular weight is 1010 g/mol. The Morgan fingerprint density at radius 1 is 0.386 bits per heavy atom. The van der Waals surface area contributed by atoms with Gasteiger partial charge in [-0.05, 0) is 168 Å². The van der Waals surface area contributed by atoms with Crippen LogP contribution in [0.3, 0.4) is 0 Å². The van der Waals surface area contributed by atoms with Crippen molar-refractivity contribution >= 4 is 83.7 Å². The van der Waals surface area contributed by atoms with E-state index in [2.05, 4.69) is 114 Å². The van der Waals surface area contributed by atoms with Crippen LogP contribution in [0, 0.1) is 0 Å². The largest absolute Gasteiger partial charge is 0.494 e. The fraction of sp³-hybridized carbons (Fsp3) is 0.353. The van der Waals surface area contributed by atoms with Crippen LogP contribution in [-0.4, -0.2) is 87.1 Å². The first kappa shape index (κ1) is 54.3. The third-order valence-electron chi connectivity index (χ3n) is 13.6. The summed E-state index contributed by atoms with van der Waals surface area (Å²) in [7, 11) is -2.45. The number of nitrogens with two attached hydrogens (primary N) is 3. The first-order valence-corrected chi connectivity index (χ1v) is 23.9. The minimum absolute atomic E-state index is 0.322. The zero-order chi connectivity index (χ0) is 51.5. The number of aromatic nitrogens is 3. The van der Waals surface area contributed by atoms with E-state index in [1.165, 1.54) is 0 Å². The zero-order valence-electron chi connectivity index (χ0n) is 42.2. The molecule has 3 saturated heterocycles. The van der Waals surface area contributed by atoms with Crippen molar-refractivity contribution in [3.05, 3.63) is 132 Å². The second-order valence-corrected chi connectivity index (χ2v) is 21.3. The summed E-state index contributed by atoms with van der Waals surface area (Å²) in [6, 6.07) is 34.2. The molecule has 0 spiro atoms. The van der Waals surface area contributed by atoms with Crippen LogP contribution in [0.1, 0.15) is 83.1 Å². The smallest absolute Gasteiger partial charge is 0.423 e. The van der Waals surface area contributed by atoms with Gasteiger partial charge < -0.3 is 55.2 Å². The van der Waals surface area contributed by atoms with Gasteiger partial charge in [-0.3, -0.25) is 0 Å². The molecule has 3 aliphatic heterocycles. The van der Waals surface area contributed by atoms with Gasteiger partial charge in [-0.15, -0.1) is 0 Å². The van der Waals surface area contributed by atoms with Gasteiger partial charge in [0.25, 0.3) is 0 Å². The number of benzene rings is 3. The van der Waals surface area contributed by atoms with E-state index in [0.29, 0.717) is 22.9 Å². The fourth-order valence-corrected chi connectivity index (χ4v) is 7.20. The topological polar surface area (TPSA) is 213 Å². The number of nitrogens with zero attached hydrogens (tertiary/aromatic N) is 3. The first-order valence-electron chi connectivity index (χ1n) is 23.1. The fourth-order valence-electron chi connectivity index (χ4n) is 6.97. The van der Waals surface area contributed by atoms with Gasteiger partial charge in [-0.25, -0.2) is 15.0 Å². The minimum atomic E-state index is -1.43. The van der Waals surface area contributed by atoms with Crippen molar-refractivity contribution in [1.29, 1.82) is 0 Å². The Morgan fingerprint density at radius 3 is 0.886 bits per heavy atom. The molecule has 3 fully saturated rings. The van der Waals surface area contributed by atoms with Crippen LogP contribution in [0.15, 0.2) is 132 Å². The van der Waals surface area contributed by atoms with Crippen molar-refractivity contribution < 1.29 is 38.0 Å². The highest BCUT2D eigenvalue weighted by atomic mass is 79.9. The maximum Gasteiger partial charge on any atom is 0.494 e. The SMILES string of the molecule is CC1(C)OB(c2ccc(-c3ccc(N)nc3)cc2)OC1(C)C.CC1(C)OB(c2ccc(B3OC(C)(C)C(C)(C)O3)cc2)OC1(C)C.Nc1ccc(-c2ccc(B(O)O)cc2)cn1.Nc1ccc(Br)cn1. The molecule has 0 aliphatic carbocycles. The first-order chi connectivity index (χ1) is 32.6. The molecule has 0 unspecified atom stereocenters. The lowest BCUT2D eigenvalue weighted by Gasteiger charge is -2.32. The van der Waals surface area contributed by atoms with Crippen LogP contribution in [0.2, 0.25) is 0 Å². The number of anilines is 3. The van der Waals surface area contributed by atoms with E-state index in [-0.39, 0.29) is 55.0 Å². The van der Waals surface area contributed by atoms with Crippen molar-refractivity contribution in [2.45, 2.75) is 117 Å². The van der Waals surface area contributed by atoms with Crippen LogP contribution in [0.25, 0.3) is 22.3 Å². The second-order valence-electron chi connectivity index (χ2n) is 20.4. The van der Waals surface area contributed by atoms with Gasteiger partial charge in [0.05, 0.1) is 33.6 Å². The molecule has 14 nitrogen and oxygen atoms in total. The Hall–Kier alpha value is -5.07. The Morgan fingerprint density at radius 2 is 0.643 bits per heavy atom. The monoisotopic (exact) mass is 1010 g/mol. The summed E-state index contributed by atoms with van der Waals surface area (Å²) >= 11 is 3.23. The molecule has 0 saturated carbocycles. The predicted octanol–water partition coefficient (Wildman–Crippen LogP) is 6.35. The maximum absolute atomic E-state index is 8.95. The van der Waals surface area contributed by atoms with Crippen LogP contribution in [-0.2, 0) is 27.9 Å². The van der Waals surface area contributed by atoms with E-state index >= 15 is 0 Å². The van der Waals surface area contributed by atoms with Gasteiger partial charge in [0.2, 0.25) is 0 Å². The standard InChI is InChI=1S/C18H28B2O4.C17H21BN2O2.C11H11BN2O2.C5H5BrN2/c1-15(2)16(3,4)22-19(21-15)13-9-11-14(12-10-13)20-23-17(5,6)18(7,8)24-20;1-16(2)17(3,4)22-18(21-16)14-8-5-12(6-9-14)13-7-10-15(19)20-11-13;13-11-6-3-9(7-14-11)8-1-4-10(5-2-8)12(15)16;6-4-1-2-5(7)8-3-4/h9-12H,1-8H3;5-11H,1-4H3,(H2,19,20);1-7,15-16H,(H2,13,14);1-3H,(H2,7,8). The van der Waals surface area contributed by atoms with Crippen molar-refractivity contribution in [3.8, 4) is 22.3 Å². The molecule has 0 radical (unpaired) electrons. The number of halogens is 1. The van der Waals surface area contributed by atoms with Crippen LogP contribution >= 0.6 is 15.9 Å². The number of hydrogen-bond donors (Lipinski definition) is 5. The highest BCUT2D eigenvalue weighted by Gasteiger charge is 2.54. The van der Waals surface area contributed by atoms with E-state index in [4.69, 9.17) is 55.2 Å². The van der Waals surface area contributed by atoms with E-state index in [1.807, 2.05) is 78.9 Å². The lowest BCUT2D eigenvalue weighted by Crippen LogP contribution is -2.41. The highest BCUT2D eigenvalue weighted by Crippen LogP contribution is 2.39. The average Bonchev–Trinajstić information content (AvgIpc) is 3.78. The number of rotatable bonds is 6. The Balaban J connectivity index is 0.000000162. The summed E-state index contributed by atoms with van der Waals surface area (Å²) in [5, 5.41) is 17.9. The van der Waals surface area contributed by atoms with Crippen molar-refractivity contribution in [3.63, 3.8) is 0 Å². The maximum atomic E-state index is 8.95. The highest BCUT2D eigenvalue weighted by molar-refractivity contribution is 9.10. The van der Waals surface area contributed by atoms with E-state index < -0.39 is 7.12 Å². The molecule has 6 aromatic rings. The zero-order valence-corrected chi connectivity index (χ0v) is 43.8. The van der Waals surface area contributed by atoms with Crippen LogP contribution in [0.4, 0.5) is 17.5 Å². The van der Waals surface area contributed by atoms with Crippen molar-refractivity contribution in [2.75, 3.05) is 17.2 Å². The Labute approximate surface area is 423 Å². The Bertz CT molecular complexity index is 2520. The Kier molecular flexibility index (Phi) is 16.5. The summed E-state index contributed by atoms with van der Waals surface area (Å²) in [5.41, 5.74) is 22.0. The van der Waals surface area contributed by atoms with E-state index in [9.17, 15) is 0 Å². The number of pyridine rings is 3. The molecule has 3 aromatic carbocycles. The lowest BCUT2D eigenvalue weighted by molar-refractivity contribution is 0.00578. The molecule has 9 rings (SSSR count). The summed E-state index contributed by atoms with van der Waals surface area (Å²) in [5.74, 6) is 1.55. The van der Waals surface area contributed by atoms with Gasteiger partial charge in [-0.1, -0.05) is 72.8 Å². The molecule has 3 aromatic heterocycles. The van der Waals surface area contributed by atoms with Crippen molar-refractivity contribution in [1.82, 2.24) is 15.0 Å². The van der Waals surface area contributed by atoms with Crippen molar-refractivity contribution in [2.24, 2.45) is 0 Å². The number of hydrogen-bond acceptors (Lipinski definition) is 14. The lowest BCUT2D eigenvalue weighted by atomic mass is 9.74. The number of nitrogen functional groups attached to an aromatic ring is 3. The van der Waals surface area contributed by atoms with Crippen LogP contribution < -0.4 is 39.1 Å². The summed E-state index contributed by atoms with van der Waals surface area (Å²) in [6.07, 6.45) is 5.12. The third kappa shape index (κ3) is 13.1. The summed E-state index contributed by atoms with van der Waals surface area (Å²) in [6.45, 7) is 24.7. The summed E-state index contributed by atoms with van der Waals surface area (Å²) in [4.78, 5) is 11.9. The molecular formula is C51H65B4BrN6O8. The van der Waals surface area contributed by atoms with Gasteiger partial charge >= 0.3 is 28.5 Å². The van der Waals surface area contributed by atoms with Gasteiger partial charge in [0.15, 0.2) is 0 Å². The molecular weight excluding hydrogens is 948 g/mol. The van der Waals surface area contributed by atoms with E-state index in [0.717, 1.165) is 43.1 Å². The predicted molar refractivity (Wildman–Crippen MR) is 288 cm³/mol. The molecule has 0 bridgehead atoms. The molecule has 0 amide bonds. The minimum Gasteiger partial charge on any atom is -0.423 e. The van der Waals surface area contributed by atoms with Crippen LogP contribution in [0.5, 0.6) is 0 Å². The molecule has 366 valence electrons. The molecule has 0 atom stereocenters. The quantitative estimate of drug-likeness (QED) is 0.115. The molecule has 6 heterocycles. The van der Waals surface area contributed by atoms with Gasteiger partial charge in [-0.2, -0.15) is 0 Å². The molecule has 19 heteroatoms. The molecule has 70 heavy (non-hydrogen) atoms.